The highest BCUT2D eigenvalue weighted by Crippen LogP contribution is 1.90. The van der Waals surface area contributed by atoms with Gasteiger partial charge < -0.3 is 14.7 Å². The molecule has 0 aromatic carbocycles. The van der Waals surface area contributed by atoms with Gasteiger partial charge in [0.15, 0.2) is 0 Å². The van der Waals surface area contributed by atoms with Gasteiger partial charge in [-0.3, -0.25) is 4.79 Å². The van der Waals surface area contributed by atoms with Crippen molar-refractivity contribution in [3.05, 3.63) is 0 Å². The number of likely N-dealkylation sites (N-methyl/N-ethyl adjacent to an activating group) is 1. The fourth-order valence-electron chi connectivity index (χ4n) is 1.04. The third-order valence-corrected chi connectivity index (χ3v) is 3.46. The summed E-state index contributed by atoms with van der Waals surface area (Å²) >= 11 is 0. The number of aliphatic carboxylic acids is 1. The fraction of sp³-hybridized carbons (Fsp3) is 0.889. The van der Waals surface area contributed by atoms with Gasteiger partial charge in [-0.1, -0.05) is 0 Å². The summed E-state index contributed by atoms with van der Waals surface area (Å²) in [5.74, 6) is -1.50. The molecule has 7 nitrogen and oxygen atoms in total. The van der Waals surface area contributed by atoms with Crippen molar-refractivity contribution >= 4 is 16.0 Å². The predicted octanol–water partition coefficient (Wildman–Crippen LogP) is -1.04. The molecule has 17 heavy (non-hydrogen) atoms. The number of hydrogen-bond donors (Lipinski definition) is 2. The standard InChI is InChI=1S/C9H20N2O5S/c1-11(6-7-16-2)5-4-10-17(14,15)8-3-9(12)13/h10H,3-8H2,1-2H3,(H,12,13). The minimum Gasteiger partial charge on any atom is -0.481 e. The molecule has 0 heterocycles. The van der Waals surface area contributed by atoms with Crippen LogP contribution in [-0.4, -0.2) is 70.5 Å². The van der Waals surface area contributed by atoms with Crippen molar-refractivity contribution in [2.75, 3.05) is 46.2 Å². The first-order valence-corrected chi connectivity index (χ1v) is 6.89. The maximum absolute atomic E-state index is 11.3. The van der Waals surface area contributed by atoms with Gasteiger partial charge >= 0.3 is 5.97 Å². The van der Waals surface area contributed by atoms with Crippen LogP contribution < -0.4 is 4.72 Å². The molecule has 0 aliphatic heterocycles. The number of rotatable bonds is 10. The van der Waals surface area contributed by atoms with Crippen LogP contribution in [0.3, 0.4) is 0 Å². The van der Waals surface area contributed by atoms with Crippen molar-refractivity contribution in [3.8, 4) is 0 Å². The number of carbonyl (C=O) groups is 1. The zero-order valence-electron chi connectivity index (χ0n) is 10.2. The van der Waals surface area contributed by atoms with Crippen molar-refractivity contribution < 1.29 is 23.1 Å². The Morgan fingerprint density at radius 1 is 1.41 bits per heavy atom. The summed E-state index contributed by atoms with van der Waals surface area (Å²) in [4.78, 5) is 12.2. The number of methoxy groups -OCH3 is 1. The van der Waals surface area contributed by atoms with E-state index in [1.165, 1.54) is 0 Å². The SMILES string of the molecule is COCCN(C)CCNS(=O)(=O)CCC(=O)O. The quantitative estimate of drug-likeness (QED) is 0.525. The first-order valence-electron chi connectivity index (χ1n) is 5.24. The van der Waals surface area contributed by atoms with E-state index in [0.29, 0.717) is 19.7 Å². The second-order valence-corrected chi connectivity index (χ2v) is 5.58. The van der Waals surface area contributed by atoms with Crippen LogP contribution >= 0.6 is 0 Å². The van der Waals surface area contributed by atoms with E-state index in [9.17, 15) is 13.2 Å². The van der Waals surface area contributed by atoms with Gasteiger partial charge in [-0.25, -0.2) is 13.1 Å². The molecule has 102 valence electrons. The molecular weight excluding hydrogens is 248 g/mol. The summed E-state index contributed by atoms with van der Waals surface area (Å²) in [6.45, 7) is 2.12. The summed E-state index contributed by atoms with van der Waals surface area (Å²) in [6.07, 6.45) is -0.380. The highest BCUT2D eigenvalue weighted by Gasteiger charge is 2.12. The van der Waals surface area contributed by atoms with Gasteiger partial charge in [-0.05, 0) is 7.05 Å². The van der Waals surface area contributed by atoms with Crippen molar-refractivity contribution in [2.45, 2.75) is 6.42 Å². The molecule has 0 aliphatic rings. The van der Waals surface area contributed by atoms with Crippen LogP contribution in [0.4, 0.5) is 0 Å². The second-order valence-electron chi connectivity index (χ2n) is 3.65. The fourth-order valence-corrected chi connectivity index (χ4v) is 2.03. The van der Waals surface area contributed by atoms with Crippen LogP contribution in [0.25, 0.3) is 0 Å². The number of hydrogen-bond acceptors (Lipinski definition) is 5. The van der Waals surface area contributed by atoms with Crippen LogP contribution in [-0.2, 0) is 19.6 Å². The lowest BCUT2D eigenvalue weighted by Crippen LogP contribution is -2.35. The normalized spacial score (nSPS) is 11.9. The Labute approximate surface area is 102 Å². The molecule has 0 unspecified atom stereocenters. The molecule has 0 fully saturated rings. The van der Waals surface area contributed by atoms with Crippen molar-refractivity contribution in [1.29, 1.82) is 0 Å². The van der Waals surface area contributed by atoms with E-state index in [0.717, 1.165) is 0 Å². The third kappa shape index (κ3) is 10.2. The largest absolute Gasteiger partial charge is 0.481 e. The maximum Gasteiger partial charge on any atom is 0.304 e. The Bertz CT molecular complexity index is 317. The molecule has 0 bridgehead atoms. The van der Waals surface area contributed by atoms with Crippen LogP contribution in [0.5, 0.6) is 0 Å². The summed E-state index contributed by atoms with van der Waals surface area (Å²) < 4.78 is 29.9. The molecule has 8 heteroatoms. The van der Waals surface area contributed by atoms with E-state index in [4.69, 9.17) is 9.84 Å². The topological polar surface area (TPSA) is 95.9 Å². The Hall–Kier alpha value is -0.700. The van der Waals surface area contributed by atoms with Gasteiger partial charge in [0.2, 0.25) is 10.0 Å². The molecule has 0 spiro atoms. The van der Waals surface area contributed by atoms with Gasteiger partial charge in [0, 0.05) is 26.7 Å². The van der Waals surface area contributed by atoms with Crippen LogP contribution in [0.1, 0.15) is 6.42 Å². The van der Waals surface area contributed by atoms with Crippen LogP contribution in [0, 0.1) is 0 Å². The average Bonchev–Trinajstić information content (AvgIpc) is 2.23. The summed E-state index contributed by atoms with van der Waals surface area (Å²) in [6, 6.07) is 0. The lowest BCUT2D eigenvalue weighted by Gasteiger charge is -2.16. The molecule has 0 rings (SSSR count). The predicted molar refractivity (Wildman–Crippen MR) is 63.4 cm³/mol. The molecule has 0 radical (unpaired) electrons. The molecule has 0 saturated carbocycles. The lowest BCUT2D eigenvalue weighted by atomic mass is 10.5. The average molecular weight is 268 g/mol. The van der Waals surface area contributed by atoms with E-state index in [-0.39, 0.29) is 18.7 Å². The van der Waals surface area contributed by atoms with E-state index in [1.807, 2.05) is 11.9 Å². The third-order valence-electron chi connectivity index (χ3n) is 2.08. The molecule has 0 aliphatic carbocycles. The first-order chi connectivity index (χ1) is 7.87. The maximum atomic E-state index is 11.3. The van der Waals surface area contributed by atoms with Crippen LogP contribution in [0.2, 0.25) is 0 Å². The second kappa shape index (κ2) is 8.40. The number of nitrogens with one attached hydrogen (secondary N) is 1. The Balaban J connectivity index is 3.75. The Morgan fingerprint density at radius 2 is 2.06 bits per heavy atom. The minimum absolute atomic E-state index is 0.266. The van der Waals surface area contributed by atoms with Gasteiger partial charge in [0.25, 0.3) is 0 Å². The molecular formula is C9H20N2O5S. The molecule has 0 saturated heterocycles. The first kappa shape index (κ1) is 16.3. The summed E-state index contributed by atoms with van der Waals surface area (Å²) in [7, 11) is -0.0302. The van der Waals surface area contributed by atoms with Gasteiger partial charge in [-0.2, -0.15) is 0 Å². The van der Waals surface area contributed by atoms with E-state index < -0.39 is 16.0 Å². The molecule has 0 aromatic rings. The lowest BCUT2D eigenvalue weighted by molar-refractivity contribution is -0.136. The zero-order valence-corrected chi connectivity index (χ0v) is 11.0. The molecule has 0 aromatic heterocycles. The van der Waals surface area contributed by atoms with E-state index in [1.54, 1.807) is 7.11 Å². The number of sulfonamides is 1. The number of ether oxygens (including phenoxy) is 1. The Kier molecular flexibility index (Phi) is 8.05. The molecule has 0 atom stereocenters. The smallest absolute Gasteiger partial charge is 0.304 e. The summed E-state index contributed by atoms with van der Waals surface area (Å²) in [5, 5.41) is 8.37. The number of nitrogens with zero attached hydrogens (tertiary/aromatic N) is 1. The monoisotopic (exact) mass is 268 g/mol. The number of carboxylic acid groups (broad SMARTS) is 1. The van der Waals surface area contributed by atoms with Gasteiger partial charge in [0.05, 0.1) is 18.8 Å². The van der Waals surface area contributed by atoms with Crippen molar-refractivity contribution in [2.24, 2.45) is 0 Å². The highest BCUT2D eigenvalue weighted by atomic mass is 32.2. The molecule has 2 N–H and O–H groups in total. The van der Waals surface area contributed by atoms with E-state index >= 15 is 0 Å². The Morgan fingerprint density at radius 3 is 2.59 bits per heavy atom. The molecule has 0 amide bonds. The van der Waals surface area contributed by atoms with Crippen molar-refractivity contribution in [3.63, 3.8) is 0 Å². The van der Waals surface area contributed by atoms with Gasteiger partial charge in [-0.15, -0.1) is 0 Å². The number of carboxylic acids is 1. The van der Waals surface area contributed by atoms with Crippen LogP contribution in [0.15, 0.2) is 0 Å². The minimum atomic E-state index is -3.48. The van der Waals surface area contributed by atoms with E-state index in [2.05, 4.69) is 4.72 Å². The van der Waals surface area contributed by atoms with Gasteiger partial charge in [0.1, 0.15) is 0 Å². The van der Waals surface area contributed by atoms with Crippen molar-refractivity contribution in [1.82, 2.24) is 9.62 Å². The highest BCUT2D eigenvalue weighted by molar-refractivity contribution is 7.89. The summed E-state index contributed by atoms with van der Waals surface area (Å²) in [5.41, 5.74) is 0. The zero-order chi connectivity index (χ0) is 13.3.